The Bertz CT molecular complexity index is 354. The van der Waals surface area contributed by atoms with E-state index in [-0.39, 0.29) is 12.5 Å². The summed E-state index contributed by atoms with van der Waals surface area (Å²) in [6, 6.07) is 7.27. The van der Waals surface area contributed by atoms with Gasteiger partial charge < -0.3 is 9.64 Å². The van der Waals surface area contributed by atoms with Gasteiger partial charge in [0.25, 0.3) is 0 Å². The van der Waals surface area contributed by atoms with Crippen LogP contribution < -0.4 is 4.90 Å². The van der Waals surface area contributed by atoms with Gasteiger partial charge in [0, 0.05) is 23.1 Å². The summed E-state index contributed by atoms with van der Waals surface area (Å²) in [5.41, 5.74) is 0.906. The molecule has 5 heteroatoms. The lowest BCUT2D eigenvalue weighted by Gasteiger charge is -2.22. The molecule has 0 fully saturated rings. The molecule has 1 aromatic carbocycles. The summed E-state index contributed by atoms with van der Waals surface area (Å²) in [5, 5.41) is 0.663. The van der Waals surface area contributed by atoms with Crippen LogP contribution in [-0.4, -0.2) is 31.5 Å². The van der Waals surface area contributed by atoms with Gasteiger partial charge in [0.2, 0.25) is 0 Å². The minimum atomic E-state index is -0.257. The van der Waals surface area contributed by atoms with Crippen molar-refractivity contribution in [3.05, 3.63) is 29.3 Å². The molecule has 0 aromatic heterocycles. The molecule has 0 heterocycles. The van der Waals surface area contributed by atoms with E-state index in [1.807, 2.05) is 17.0 Å². The molecule has 1 aromatic rings. The molecule has 0 aliphatic heterocycles. The zero-order valence-electron chi connectivity index (χ0n) is 9.66. The number of halogens is 2. The summed E-state index contributed by atoms with van der Waals surface area (Å²) in [5.74, 6) is 0.190. The van der Waals surface area contributed by atoms with Crippen molar-refractivity contribution >= 4 is 34.9 Å². The van der Waals surface area contributed by atoms with Gasteiger partial charge in [-0.2, -0.15) is 0 Å². The minimum absolute atomic E-state index is 0.197. The Morgan fingerprint density at radius 1 is 1.35 bits per heavy atom. The van der Waals surface area contributed by atoms with Gasteiger partial charge in [-0.05, 0) is 31.2 Å². The molecule has 0 aliphatic rings. The molecular weight excluding hydrogens is 261 g/mol. The predicted molar refractivity (Wildman–Crippen MR) is 71.0 cm³/mol. The molecule has 0 radical (unpaired) electrons. The van der Waals surface area contributed by atoms with E-state index < -0.39 is 0 Å². The normalized spacial score (nSPS) is 10.1. The van der Waals surface area contributed by atoms with Gasteiger partial charge in [0.1, 0.15) is 6.54 Å². The van der Waals surface area contributed by atoms with E-state index in [9.17, 15) is 4.79 Å². The Morgan fingerprint density at radius 2 is 2.00 bits per heavy atom. The first-order valence-electron chi connectivity index (χ1n) is 5.39. The van der Waals surface area contributed by atoms with E-state index in [1.54, 1.807) is 19.1 Å². The first-order valence-corrected chi connectivity index (χ1v) is 6.30. The van der Waals surface area contributed by atoms with Crippen LogP contribution in [-0.2, 0) is 9.53 Å². The van der Waals surface area contributed by atoms with Crippen LogP contribution in [0.5, 0.6) is 0 Å². The Morgan fingerprint density at radius 3 is 2.53 bits per heavy atom. The van der Waals surface area contributed by atoms with Crippen molar-refractivity contribution in [3.8, 4) is 0 Å². The topological polar surface area (TPSA) is 29.5 Å². The molecule has 0 amide bonds. The summed E-state index contributed by atoms with van der Waals surface area (Å²) >= 11 is 11.5. The number of carbonyl (C=O) groups is 1. The van der Waals surface area contributed by atoms with Crippen LogP contribution in [0.3, 0.4) is 0 Å². The number of hydrogen-bond donors (Lipinski definition) is 0. The summed E-state index contributed by atoms with van der Waals surface area (Å²) < 4.78 is 4.91. The zero-order chi connectivity index (χ0) is 12.7. The number of anilines is 1. The standard InChI is InChI=1S/C12H15Cl2NO2/c1-2-17-12(16)9-15(8-7-13)11-5-3-10(14)4-6-11/h3-6H,2,7-9H2,1H3. The first-order chi connectivity index (χ1) is 8.17. The largest absolute Gasteiger partial charge is 0.465 e. The van der Waals surface area contributed by atoms with Crippen LogP contribution >= 0.6 is 23.2 Å². The average molecular weight is 276 g/mol. The number of esters is 1. The molecule has 0 bridgehead atoms. The highest BCUT2D eigenvalue weighted by Gasteiger charge is 2.11. The molecular formula is C12H15Cl2NO2. The first kappa shape index (κ1) is 14.1. The predicted octanol–water partition coefficient (Wildman–Crippen LogP) is 2.95. The number of rotatable bonds is 6. The van der Waals surface area contributed by atoms with Crippen LogP contribution in [0.2, 0.25) is 5.02 Å². The second-order valence-corrected chi connectivity index (χ2v) is 4.21. The van der Waals surface area contributed by atoms with Crippen molar-refractivity contribution in [2.24, 2.45) is 0 Å². The number of benzene rings is 1. The highest BCUT2D eigenvalue weighted by atomic mass is 35.5. The third-order valence-corrected chi connectivity index (χ3v) is 2.59. The van der Waals surface area contributed by atoms with Gasteiger partial charge in [0.15, 0.2) is 0 Å². The van der Waals surface area contributed by atoms with E-state index in [2.05, 4.69) is 0 Å². The van der Waals surface area contributed by atoms with E-state index in [4.69, 9.17) is 27.9 Å². The fraction of sp³-hybridized carbons (Fsp3) is 0.417. The smallest absolute Gasteiger partial charge is 0.325 e. The van der Waals surface area contributed by atoms with Crippen molar-refractivity contribution in [3.63, 3.8) is 0 Å². The van der Waals surface area contributed by atoms with Crippen LogP contribution in [0.25, 0.3) is 0 Å². The van der Waals surface area contributed by atoms with Gasteiger partial charge in [-0.25, -0.2) is 0 Å². The average Bonchev–Trinajstić information content (AvgIpc) is 2.30. The summed E-state index contributed by atoms with van der Waals surface area (Å²) in [7, 11) is 0. The van der Waals surface area contributed by atoms with Crippen LogP contribution in [0.1, 0.15) is 6.92 Å². The second-order valence-electron chi connectivity index (χ2n) is 3.39. The monoisotopic (exact) mass is 275 g/mol. The van der Waals surface area contributed by atoms with Gasteiger partial charge in [-0.3, -0.25) is 4.79 Å². The quantitative estimate of drug-likeness (QED) is 0.591. The summed E-state index contributed by atoms with van der Waals surface area (Å²) in [6.07, 6.45) is 0. The van der Waals surface area contributed by atoms with E-state index >= 15 is 0 Å². The second kappa shape index (κ2) is 7.41. The molecule has 0 saturated heterocycles. The highest BCUT2D eigenvalue weighted by molar-refractivity contribution is 6.30. The molecule has 0 aliphatic carbocycles. The van der Waals surface area contributed by atoms with Gasteiger partial charge >= 0.3 is 5.97 Å². The highest BCUT2D eigenvalue weighted by Crippen LogP contribution is 2.17. The third-order valence-electron chi connectivity index (χ3n) is 2.17. The molecule has 1 rings (SSSR count). The summed E-state index contributed by atoms with van der Waals surface area (Å²) in [6.45, 7) is 2.95. The van der Waals surface area contributed by atoms with Gasteiger partial charge in [-0.1, -0.05) is 11.6 Å². The lowest BCUT2D eigenvalue weighted by Crippen LogP contribution is -2.32. The van der Waals surface area contributed by atoms with Crippen molar-refractivity contribution in [2.75, 3.05) is 30.5 Å². The van der Waals surface area contributed by atoms with Crippen molar-refractivity contribution in [1.82, 2.24) is 0 Å². The molecule has 94 valence electrons. The maximum Gasteiger partial charge on any atom is 0.325 e. The molecule has 0 unspecified atom stereocenters. The molecule has 17 heavy (non-hydrogen) atoms. The van der Waals surface area contributed by atoms with E-state index in [0.717, 1.165) is 5.69 Å². The molecule has 0 saturated carbocycles. The van der Waals surface area contributed by atoms with Gasteiger partial charge in [-0.15, -0.1) is 11.6 Å². The lowest BCUT2D eigenvalue weighted by molar-refractivity contribution is -0.141. The van der Waals surface area contributed by atoms with Crippen LogP contribution in [0.15, 0.2) is 24.3 Å². The maximum atomic E-state index is 11.4. The maximum absolute atomic E-state index is 11.4. The molecule has 0 spiro atoms. The van der Waals surface area contributed by atoms with Crippen molar-refractivity contribution < 1.29 is 9.53 Å². The Labute approximate surface area is 111 Å². The fourth-order valence-corrected chi connectivity index (χ4v) is 1.75. The molecule has 3 nitrogen and oxygen atoms in total. The SMILES string of the molecule is CCOC(=O)CN(CCCl)c1ccc(Cl)cc1. The number of hydrogen-bond acceptors (Lipinski definition) is 3. The Kier molecular flexibility index (Phi) is 6.16. The minimum Gasteiger partial charge on any atom is -0.465 e. The fourth-order valence-electron chi connectivity index (χ4n) is 1.42. The Balaban J connectivity index is 2.71. The number of carbonyl (C=O) groups excluding carboxylic acids is 1. The van der Waals surface area contributed by atoms with Gasteiger partial charge in [0.05, 0.1) is 6.61 Å². The van der Waals surface area contributed by atoms with Crippen molar-refractivity contribution in [1.29, 1.82) is 0 Å². The van der Waals surface area contributed by atoms with E-state index in [0.29, 0.717) is 24.1 Å². The number of ether oxygens (including phenoxy) is 1. The Hall–Kier alpha value is -0.930. The molecule has 0 atom stereocenters. The van der Waals surface area contributed by atoms with Crippen LogP contribution in [0.4, 0.5) is 5.69 Å². The van der Waals surface area contributed by atoms with E-state index in [1.165, 1.54) is 0 Å². The van der Waals surface area contributed by atoms with Crippen LogP contribution in [0, 0.1) is 0 Å². The molecule has 0 N–H and O–H groups in total. The zero-order valence-corrected chi connectivity index (χ0v) is 11.2. The van der Waals surface area contributed by atoms with Crippen molar-refractivity contribution in [2.45, 2.75) is 6.92 Å². The lowest BCUT2D eigenvalue weighted by atomic mass is 10.3. The third kappa shape index (κ3) is 4.84. The number of alkyl halides is 1. The summed E-state index contributed by atoms with van der Waals surface area (Å²) in [4.78, 5) is 13.3. The number of nitrogens with zero attached hydrogens (tertiary/aromatic N) is 1.